The van der Waals surface area contributed by atoms with Crippen LogP contribution < -0.4 is 10.6 Å². The third kappa shape index (κ3) is 3.51. The Morgan fingerprint density at radius 2 is 1.95 bits per heavy atom. The molecule has 0 spiro atoms. The lowest BCUT2D eigenvalue weighted by atomic mass is 10.1. The molecule has 0 radical (unpaired) electrons. The standard InChI is InChI=1S/C16H18N2O2/c1-2-10-17-15-9-4-3-8-14(15)16(20)18-12-6-5-7-13(19)11-12/h3-9,11,17,19H,2,10H2,1H3,(H,18,20). The Balaban J connectivity index is 2.16. The highest BCUT2D eigenvalue weighted by atomic mass is 16.3. The first-order valence-electron chi connectivity index (χ1n) is 6.64. The lowest BCUT2D eigenvalue weighted by Crippen LogP contribution is -2.15. The van der Waals surface area contributed by atoms with E-state index in [1.54, 1.807) is 24.3 Å². The van der Waals surface area contributed by atoms with E-state index in [2.05, 4.69) is 17.6 Å². The van der Waals surface area contributed by atoms with E-state index in [0.717, 1.165) is 18.7 Å². The van der Waals surface area contributed by atoms with Crippen molar-refractivity contribution in [2.24, 2.45) is 0 Å². The number of aromatic hydroxyl groups is 1. The zero-order valence-electron chi connectivity index (χ0n) is 11.4. The molecule has 104 valence electrons. The monoisotopic (exact) mass is 270 g/mol. The van der Waals surface area contributed by atoms with Gasteiger partial charge in [-0.15, -0.1) is 0 Å². The number of carbonyl (C=O) groups is 1. The van der Waals surface area contributed by atoms with Crippen molar-refractivity contribution < 1.29 is 9.90 Å². The van der Waals surface area contributed by atoms with E-state index in [0.29, 0.717) is 11.3 Å². The molecule has 0 heterocycles. The zero-order valence-corrected chi connectivity index (χ0v) is 11.4. The highest BCUT2D eigenvalue weighted by Crippen LogP contribution is 2.19. The summed E-state index contributed by atoms with van der Waals surface area (Å²) in [5, 5.41) is 15.4. The van der Waals surface area contributed by atoms with E-state index >= 15 is 0 Å². The SMILES string of the molecule is CCCNc1ccccc1C(=O)Nc1cccc(O)c1. The molecule has 4 nitrogen and oxygen atoms in total. The second-order valence-corrected chi connectivity index (χ2v) is 4.48. The maximum Gasteiger partial charge on any atom is 0.257 e. The highest BCUT2D eigenvalue weighted by molar-refractivity contribution is 6.08. The Morgan fingerprint density at radius 1 is 1.15 bits per heavy atom. The minimum Gasteiger partial charge on any atom is -0.508 e. The Bertz CT molecular complexity index is 597. The van der Waals surface area contributed by atoms with Crippen LogP contribution in [0.5, 0.6) is 5.75 Å². The molecule has 0 atom stereocenters. The average Bonchev–Trinajstić information content (AvgIpc) is 2.45. The molecule has 0 saturated heterocycles. The molecule has 2 aromatic carbocycles. The molecule has 2 rings (SSSR count). The number of rotatable bonds is 5. The second-order valence-electron chi connectivity index (χ2n) is 4.48. The van der Waals surface area contributed by atoms with Gasteiger partial charge in [0.15, 0.2) is 0 Å². The predicted molar refractivity (Wildman–Crippen MR) is 81.3 cm³/mol. The molecule has 0 aliphatic rings. The third-order valence-electron chi connectivity index (χ3n) is 2.84. The van der Waals surface area contributed by atoms with Crippen LogP contribution in [0, 0.1) is 0 Å². The van der Waals surface area contributed by atoms with Gasteiger partial charge < -0.3 is 15.7 Å². The van der Waals surface area contributed by atoms with Gasteiger partial charge in [-0.25, -0.2) is 0 Å². The maximum absolute atomic E-state index is 12.3. The summed E-state index contributed by atoms with van der Waals surface area (Å²) in [6, 6.07) is 13.9. The van der Waals surface area contributed by atoms with Crippen LogP contribution in [0.3, 0.4) is 0 Å². The molecular formula is C16H18N2O2. The first kappa shape index (κ1) is 13.9. The average molecular weight is 270 g/mol. The number of anilines is 2. The molecule has 2 aromatic rings. The van der Waals surface area contributed by atoms with Gasteiger partial charge in [-0.3, -0.25) is 4.79 Å². The number of hydrogen-bond donors (Lipinski definition) is 3. The summed E-state index contributed by atoms with van der Waals surface area (Å²) in [7, 11) is 0. The van der Waals surface area contributed by atoms with Crippen LogP contribution in [0.2, 0.25) is 0 Å². The van der Waals surface area contributed by atoms with Crippen molar-refractivity contribution in [3.8, 4) is 5.75 Å². The minimum absolute atomic E-state index is 0.125. The maximum atomic E-state index is 12.3. The third-order valence-corrected chi connectivity index (χ3v) is 2.84. The number of amides is 1. The van der Waals surface area contributed by atoms with Gasteiger partial charge in [-0.05, 0) is 30.7 Å². The van der Waals surface area contributed by atoms with Crippen molar-refractivity contribution in [2.45, 2.75) is 13.3 Å². The molecule has 0 saturated carbocycles. The molecule has 1 amide bonds. The summed E-state index contributed by atoms with van der Waals surface area (Å²) in [4.78, 5) is 12.3. The second kappa shape index (κ2) is 6.61. The van der Waals surface area contributed by atoms with Gasteiger partial charge in [-0.1, -0.05) is 25.1 Å². The van der Waals surface area contributed by atoms with Crippen LogP contribution in [-0.4, -0.2) is 17.6 Å². The predicted octanol–water partition coefficient (Wildman–Crippen LogP) is 3.47. The largest absolute Gasteiger partial charge is 0.508 e. The van der Waals surface area contributed by atoms with Gasteiger partial charge in [0.25, 0.3) is 5.91 Å². The summed E-state index contributed by atoms with van der Waals surface area (Å²) in [5.74, 6) is -0.0741. The van der Waals surface area contributed by atoms with Crippen molar-refractivity contribution in [1.82, 2.24) is 0 Å². The minimum atomic E-state index is -0.199. The van der Waals surface area contributed by atoms with Crippen molar-refractivity contribution in [1.29, 1.82) is 0 Å². The van der Waals surface area contributed by atoms with Crippen molar-refractivity contribution in [3.63, 3.8) is 0 Å². The van der Waals surface area contributed by atoms with E-state index in [1.807, 2.05) is 18.2 Å². The van der Waals surface area contributed by atoms with E-state index in [-0.39, 0.29) is 11.7 Å². The number of hydrogen-bond acceptors (Lipinski definition) is 3. The molecule has 0 aliphatic carbocycles. The number of phenolic OH excluding ortho intramolecular Hbond substituents is 1. The van der Waals surface area contributed by atoms with Gasteiger partial charge in [0, 0.05) is 24.0 Å². The van der Waals surface area contributed by atoms with E-state index in [4.69, 9.17) is 0 Å². The van der Waals surface area contributed by atoms with Crippen LogP contribution >= 0.6 is 0 Å². The summed E-state index contributed by atoms with van der Waals surface area (Å²) < 4.78 is 0. The van der Waals surface area contributed by atoms with Gasteiger partial charge in [-0.2, -0.15) is 0 Å². The van der Waals surface area contributed by atoms with Gasteiger partial charge in [0.2, 0.25) is 0 Å². The van der Waals surface area contributed by atoms with Crippen LogP contribution in [0.4, 0.5) is 11.4 Å². The van der Waals surface area contributed by atoms with Gasteiger partial charge >= 0.3 is 0 Å². The summed E-state index contributed by atoms with van der Waals surface area (Å²) in [5.41, 5.74) is 1.97. The molecule has 0 fully saturated rings. The zero-order chi connectivity index (χ0) is 14.4. The van der Waals surface area contributed by atoms with Crippen LogP contribution in [0.25, 0.3) is 0 Å². The lowest BCUT2D eigenvalue weighted by Gasteiger charge is -2.11. The van der Waals surface area contributed by atoms with E-state index in [1.165, 1.54) is 6.07 Å². The first-order chi connectivity index (χ1) is 9.70. The molecule has 0 aromatic heterocycles. The lowest BCUT2D eigenvalue weighted by molar-refractivity contribution is 0.102. The fraction of sp³-hybridized carbons (Fsp3) is 0.188. The Labute approximate surface area is 118 Å². The normalized spacial score (nSPS) is 10.1. The number of carbonyl (C=O) groups excluding carboxylic acids is 1. The Hall–Kier alpha value is -2.49. The smallest absolute Gasteiger partial charge is 0.257 e. The summed E-state index contributed by atoms with van der Waals surface area (Å²) in [6.07, 6.45) is 0.989. The molecule has 3 N–H and O–H groups in total. The fourth-order valence-corrected chi connectivity index (χ4v) is 1.88. The van der Waals surface area contributed by atoms with Gasteiger partial charge in [0.1, 0.15) is 5.75 Å². The van der Waals surface area contributed by atoms with Crippen LogP contribution in [-0.2, 0) is 0 Å². The van der Waals surface area contributed by atoms with Gasteiger partial charge in [0.05, 0.1) is 5.56 Å². The molecule has 20 heavy (non-hydrogen) atoms. The van der Waals surface area contributed by atoms with Crippen LogP contribution in [0.15, 0.2) is 48.5 Å². The van der Waals surface area contributed by atoms with Crippen molar-refractivity contribution in [3.05, 3.63) is 54.1 Å². The topological polar surface area (TPSA) is 61.4 Å². The number of nitrogens with one attached hydrogen (secondary N) is 2. The van der Waals surface area contributed by atoms with E-state index in [9.17, 15) is 9.90 Å². The molecule has 0 unspecified atom stereocenters. The molecular weight excluding hydrogens is 252 g/mol. The van der Waals surface area contributed by atoms with E-state index < -0.39 is 0 Å². The Morgan fingerprint density at radius 3 is 2.70 bits per heavy atom. The fourth-order valence-electron chi connectivity index (χ4n) is 1.88. The number of phenols is 1. The first-order valence-corrected chi connectivity index (χ1v) is 6.64. The highest BCUT2D eigenvalue weighted by Gasteiger charge is 2.10. The van der Waals surface area contributed by atoms with Crippen molar-refractivity contribution >= 4 is 17.3 Å². The summed E-state index contributed by atoms with van der Waals surface area (Å²) in [6.45, 7) is 2.89. The number of para-hydroxylation sites is 1. The Kier molecular flexibility index (Phi) is 4.60. The molecule has 4 heteroatoms. The van der Waals surface area contributed by atoms with Crippen LogP contribution in [0.1, 0.15) is 23.7 Å². The molecule has 0 bridgehead atoms. The number of benzene rings is 2. The van der Waals surface area contributed by atoms with Crippen molar-refractivity contribution in [2.75, 3.05) is 17.2 Å². The summed E-state index contributed by atoms with van der Waals surface area (Å²) >= 11 is 0. The quantitative estimate of drug-likeness (QED) is 0.779. The molecule has 0 aliphatic heterocycles.